The van der Waals surface area contributed by atoms with Crippen LogP contribution in [-0.2, 0) is 16.1 Å². The molecule has 26 heavy (non-hydrogen) atoms. The molecule has 0 aromatic heterocycles. The zero-order valence-corrected chi connectivity index (χ0v) is 15.8. The predicted octanol–water partition coefficient (Wildman–Crippen LogP) is 4.96. The molecule has 2 aromatic carbocycles. The molecular formula is C19H18Cl2O5. The second kappa shape index (κ2) is 9.48. The van der Waals surface area contributed by atoms with Crippen LogP contribution in [0.1, 0.15) is 16.7 Å². The molecule has 2 rings (SSSR count). The summed E-state index contributed by atoms with van der Waals surface area (Å²) >= 11 is 12.1. The lowest BCUT2D eigenvalue weighted by molar-refractivity contribution is -0.131. The van der Waals surface area contributed by atoms with Gasteiger partial charge in [-0.15, -0.1) is 0 Å². The first-order chi connectivity index (χ1) is 12.4. The predicted molar refractivity (Wildman–Crippen MR) is 101 cm³/mol. The molecule has 1 N–H and O–H groups in total. The number of halogens is 2. The van der Waals surface area contributed by atoms with E-state index in [0.717, 1.165) is 17.2 Å². The lowest BCUT2D eigenvalue weighted by atomic mass is 10.1. The molecular weight excluding hydrogens is 379 g/mol. The number of hydrogen-bond acceptors (Lipinski definition) is 4. The van der Waals surface area contributed by atoms with Crippen molar-refractivity contribution >= 4 is 35.2 Å². The molecule has 0 bridgehead atoms. The number of methoxy groups -OCH3 is 1. The Morgan fingerprint density at radius 3 is 2.62 bits per heavy atom. The van der Waals surface area contributed by atoms with Crippen LogP contribution < -0.4 is 9.47 Å². The molecule has 0 amide bonds. The Kier molecular flexibility index (Phi) is 7.33. The van der Waals surface area contributed by atoms with Gasteiger partial charge in [0.05, 0.1) is 0 Å². The highest BCUT2D eigenvalue weighted by molar-refractivity contribution is 6.35. The monoisotopic (exact) mass is 396 g/mol. The third-order valence-corrected chi connectivity index (χ3v) is 4.10. The number of carbonyl (C=O) groups is 1. The van der Waals surface area contributed by atoms with Gasteiger partial charge >= 0.3 is 5.97 Å². The smallest absolute Gasteiger partial charge is 0.328 e. The van der Waals surface area contributed by atoms with E-state index in [4.69, 9.17) is 42.5 Å². The standard InChI is InChI=1S/C19H18Cl2O5/c1-12-17(26-11-24-2)7-4-13(5-8-18(22)23)19(12)25-10-14-3-6-15(20)9-16(14)21/h3-9H,10-11H2,1-2H3,(H,22,23)/b8-5+. The Morgan fingerprint density at radius 1 is 1.19 bits per heavy atom. The first-order valence-corrected chi connectivity index (χ1v) is 8.41. The van der Waals surface area contributed by atoms with Crippen molar-refractivity contribution in [3.05, 3.63) is 63.1 Å². The van der Waals surface area contributed by atoms with Gasteiger partial charge in [-0.25, -0.2) is 4.79 Å². The molecule has 0 atom stereocenters. The summed E-state index contributed by atoms with van der Waals surface area (Å²) in [5, 5.41) is 9.90. The molecule has 0 aliphatic carbocycles. The molecule has 0 unspecified atom stereocenters. The Bertz CT molecular complexity index is 818. The fraction of sp³-hybridized carbons (Fsp3) is 0.211. The topological polar surface area (TPSA) is 65.0 Å². The second-order valence-corrected chi connectivity index (χ2v) is 6.20. The molecule has 138 valence electrons. The van der Waals surface area contributed by atoms with E-state index in [0.29, 0.717) is 27.1 Å². The minimum absolute atomic E-state index is 0.0909. The van der Waals surface area contributed by atoms with Gasteiger partial charge in [-0.1, -0.05) is 29.3 Å². The van der Waals surface area contributed by atoms with Crippen molar-refractivity contribution in [2.75, 3.05) is 13.9 Å². The maximum absolute atomic E-state index is 10.8. The van der Waals surface area contributed by atoms with E-state index in [1.807, 2.05) is 6.92 Å². The van der Waals surface area contributed by atoms with Crippen LogP contribution in [-0.4, -0.2) is 25.0 Å². The third kappa shape index (κ3) is 5.39. The fourth-order valence-corrected chi connectivity index (χ4v) is 2.71. The first-order valence-electron chi connectivity index (χ1n) is 7.65. The Labute approximate surface area is 161 Å². The number of benzene rings is 2. The van der Waals surface area contributed by atoms with Crippen molar-refractivity contribution in [1.82, 2.24) is 0 Å². The van der Waals surface area contributed by atoms with E-state index < -0.39 is 5.97 Å². The van der Waals surface area contributed by atoms with Crippen LogP contribution in [0.25, 0.3) is 6.08 Å². The van der Waals surface area contributed by atoms with E-state index in [-0.39, 0.29) is 13.4 Å². The highest BCUT2D eigenvalue weighted by atomic mass is 35.5. The summed E-state index contributed by atoms with van der Waals surface area (Å²) in [6, 6.07) is 8.59. The average molecular weight is 397 g/mol. The zero-order valence-electron chi connectivity index (χ0n) is 14.3. The van der Waals surface area contributed by atoms with E-state index >= 15 is 0 Å². The van der Waals surface area contributed by atoms with Crippen molar-refractivity contribution in [3.8, 4) is 11.5 Å². The number of ether oxygens (including phenoxy) is 3. The van der Waals surface area contributed by atoms with Crippen molar-refractivity contribution in [1.29, 1.82) is 0 Å². The van der Waals surface area contributed by atoms with Gasteiger partial charge in [0.25, 0.3) is 0 Å². The maximum atomic E-state index is 10.8. The minimum atomic E-state index is -1.05. The second-order valence-electron chi connectivity index (χ2n) is 5.35. The van der Waals surface area contributed by atoms with E-state index in [1.165, 1.54) is 13.2 Å². The van der Waals surface area contributed by atoms with Gasteiger partial charge in [0.15, 0.2) is 6.79 Å². The summed E-state index contributed by atoms with van der Waals surface area (Å²) in [6.45, 7) is 2.11. The summed E-state index contributed by atoms with van der Waals surface area (Å²) in [5.41, 5.74) is 2.09. The van der Waals surface area contributed by atoms with Gasteiger partial charge in [-0.05, 0) is 37.3 Å². The third-order valence-electron chi connectivity index (χ3n) is 3.51. The quantitative estimate of drug-likeness (QED) is 0.504. The number of carboxylic acid groups (broad SMARTS) is 1. The fourth-order valence-electron chi connectivity index (χ4n) is 2.25. The first kappa shape index (κ1) is 20.1. The number of aliphatic carboxylic acids is 1. The molecule has 0 saturated carbocycles. The highest BCUT2D eigenvalue weighted by Crippen LogP contribution is 2.34. The van der Waals surface area contributed by atoms with Gasteiger partial charge in [-0.2, -0.15) is 0 Å². The number of hydrogen-bond donors (Lipinski definition) is 1. The van der Waals surface area contributed by atoms with Gasteiger partial charge < -0.3 is 19.3 Å². The molecule has 2 aromatic rings. The van der Waals surface area contributed by atoms with Crippen LogP contribution in [0.3, 0.4) is 0 Å². The van der Waals surface area contributed by atoms with Crippen molar-refractivity contribution in [2.45, 2.75) is 13.5 Å². The Morgan fingerprint density at radius 2 is 1.96 bits per heavy atom. The van der Waals surface area contributed by atoms with Crippen molar-refractivity contribution < 1.29 is 24.1 Å². The molecule has 0 spiro atoms. The van der Waals surface area contributed by atoms with Crippen LogP contribution in [0.2, 0.25) is 10.0 Å². The van der Waals surface area contributed by atoms with Crippen molar-refractivity contribution in [3.63, 3.8) is 0 Å². The number of carboxylic acids is 1. The van der Waals surface area contributed by atoms with E-state index in [2.05, 4.69) is 0 Å². The summed E-state index contributed by atoms with van der Waals surface area (Å²) in [7, 11) is 1.53. The van der Waals surface area contributed by atoms with Crippen LogP contribution in [0.15, 0.2) is 36.4 Å². The van der Waals surface area contributed by atoms with Gasteiger partial charge in [0.1, 0.15) is 18.1 Å². The van der Waals surface area contributed by atoms with E-state index in [9.17, 15) is 4.79 Å². The molecule has 0 heterocycles. The molecule has 0 radical (unpaired) electrons. The van der Waals surface area contributed by atoms with Crippen LogP contribution in [0, 0.1) is 6.92 Å². The summed E-state index contributed by atoms with van der Waals surface area (Å²) in [5.74, 6) is 0.0349. The molecule has 0 aliphatic heterocycles. The van der Waals surface area contributed by atoms with Gasteiger partial charge in [-0.3, -0.25) is 0 Å². The van der Waals surface area contributed by atoms with Crippen LogP contribution in [0.5, 0.6) is 11.5 Å². The van der Waals surface area contributed by atoms with Crippen LogP contribution in [0.4, 0.5) is 0 Å². The summed E-state index contributed by atoms with van der Waals surface area (Å²) in [6.07, 6.45) is 2.51. The van der Waals surface area contributed by atoms with Crippen molar-refractivity contribution in [2.24, 2.45) is 0 Å². The Hall–Kier alpha value is -2.21. The Balaban J connectivity index is 2.33. The van der Waals surface area contributed by atoms with Crippen LogP contribution >= 0.6 is 23.2 Å². The zero-order chi connectivity index (χ0) is 19.1. The highest BCUT2D eigenvalue weighted by Gasteiger charge is 2.13. The molecule has 5 nitrogen and oxygen atoms in total. The summed E-state index contributed by atoms with van der Waals surface area (Å²) < 4.78 is 16.4. The molecule has 0 aliphatic rings. The average Bonchev–Trinajstić information content (AvgIpc) is 2.59. The molecule has 7 heteroatoms. The molecule has 0 fully saturated rings. The van der Waals surface area contributed by atoms with Gasteiger partial charge in [0.2, 0.25) is 0 Å². The summed E-state index contributed by atoms with van der Waals surface area (Å²) in [4.78, 5) is 10.8. The lowest BCUT2D eigenvalue weighted by Crippen LogP contribution is -2.04. The maximum Gasteiger partial charge on any atom is 0.328 e. The normalized spacial score (nSPS) is 10.9. The minimum Gasteiger partial charge on any atom is -0.488 e. The van der Waals surface area contributed by atoms with Gasteiger partial charge in [0, 0.05) is 39.9 Å². The van der Waals surface area contributed by atoms with E-state index in [1.54, 1.807) is 30.3 Å². The largest absolute Gasteiger partial charge is 0.488 e. The molecule has 0 saturated heterocycles. The SMILES string of the molecule is COCOc1ccc(/C=C/C(=O)O)c(OCc2ccc(Cl)cc2Cl)c1C. The number of rotatable bonds is 8. The lowest BCUT2D eigenvalue weighted by Gasteiger charge is -2.16.